The largest absolute Gasteiger partial charge is 0.344 e. The minimum absolute atomic E-state index is 0. The zero-order valence-corrected chi connectivity index (χ0v) is 31.7. The number of carbonyl (C=O) groups excluding carboxylic acids is 1. The first-order valence-corrected chi connectivity index (χ1v) is 17.6. The average Bonchev–Trinajstić information content (AvgIpc) is 4.12. The third kappa shape index (κ3) is 10.8. The third-order valence-corrected chi connectivity index (χ3v) is 6.76. The van der Waals surface area contributed by atoms with Crippen molar-refractivity contribution in [1.29, 1.82) is 0 Å². The fourth-order valence-corrected chi connectivity index (χ4v) is 4.71. The monoisotopic (exact) mass is 737 g/mol. The van der Waals surface area contributed by atoms with Crippen molar-refractivity contribution in [3.05, 3.63) is 110 Å². The molecule has 0 saturated heterocycles. The van der Waals surface area contributed by atoms with E-state index in [1.165, 1.54) is 12.7 Å². The molecule has 14 heteroatoms. The first kappa shape index (κ1) is 42.0. The molecule has 8 rings (SSSR count). The summed E-state index contributed by atoms with van der Waals surface area (Å²) in [7, 11) is 0. The molecule has 0 atom stereocenters. The molecule has 5 N–H and O–H groups in total. The van der Waals surface area contributed by atoms with Crippen LogP contribution < -0.4 is 6.14 Å². The Morgan fingerprint density at radius 2 is 1.15 bits per heavy atom. The molecule has 0 aliphatic rings. The van der Waals surface area contributed by atoms with Crippen molar-refractivity contribution in [2.75, 3.05) is 0 Å². The maximum absolute atomic E-state index is 11.1. The van der Waals surface area contributed by atoms with Gasteiger partial charge in [-0.3, -0.25) is 14.8 Å². The average molecular weight is 738 g/mol. The number of fused-ring (bicyclic) bond motifs is 2. The van der Waals surface area contributed by atoms with E-state index >= 15 is 0 Å². The Hall–Kier alpha value is -6.41. The van der Waals surface area contributed by atoms with Gasteiger partial charge >= 0.3 is 0 Å². The van der Waals surface area contributed by atoms with E-state index in [9.17, 15) is 4.79 Å². The smallest absolute Gasteiger partial charge is 0.185 e. The lowest BCUT2D eigenvalue weighted by molar-refractivity contribution is 0.111. The number of nitrogens with zero attached hydrogens (tertiary/aromatic N) is 10. The zero-order chi connectivity index (χ0) is 40.6. The molecule has 54 heavy (non-hydrogen) atoms. The van der Waals surface area contributed by atoms with Crippen LogP contribution in [0.1, 0.15) is 87.5 Å². The minimum Gasteiger partial charge on any atom is -0.344 e. The van der Waals surface area contributed by atoms with Crippen LogP contribution in [0.4, 0.5) is 0 Å². The zero-order valence-electron chi connectivity index (χ0n) is 33.7. The van der Waals surface area contributed by atoms with Gasteiger partial charge in [0.05, 0.1) is 28.5 Å². The molecule has 0 bridgehead atoms. The maximum atomic E-state index is 11.1. The number of aryl methyl sites for hydroxylation is 1. The lowest BCUT2D eigenvalue weighted by Crippen LogP contribution is -1.91. The molecule has 0 aromatic carbocycles. The highest BCUT2D eigenvalue weighted by Gasteiger charge is 2.16. The van der Waals surface area contributed by atoms with Crippen molar-refractivity contribution in [3.8, 4) is 45.3 Å². The Balaban J connectivity index is 0.000000452. The van der Waals surface area contributed by atoms with Gasteiger partial charge in [0.1, 0.15) is 25.6 Å². The van der Waals surface area contributed by atoms with Gasteiger partial charge in [-0.05, 0) is 48.5 Å². The molecule has 8 aromatic rings. The summed E-state index contributed by atoms with van der Waals surface area (Å²) in [6, 6.07) is 19.0. The summed E-state index contributed by atoms with van der Waals surface area (Å²) in [6.45, 7) is 16.3. The standard InChI is InChI=1S/C16H14N6.C15H10N6O.4C2H6.CH4.H3N/c1-2-13-20-15(16(21-13)12-5-3-4-8-17-12)11-6-7-14-18-10-19-22(14)9-11;22-8-12-19-14(15(20-12)11-3-1-2-6-16-11)10-4-5-13-17-9-18-21(13)7-10;4*1-2;;/h3-10H,2H2,1H3,(H,20,21);1-9H,(H,19,20);4*1-2H3;1H4;1H3/i1T;;;;;;;/hT. The van der Waals surface area contributed by atoms with E-state index in [1.54, 1.807) is 21.4 Å². The summed E-state index contributed by atoms with van der Waals surface area (Å²) in [4.78, 5) is 43.4. The number of aldehydes is 1. The molecule has 0 fully saturated rings. The summed E-state index contributed by atoms with van der Waals surface area (Å²) in [6.07, 6.45) is 15.2. The van der Waals surface area contributed by atoms with Gasteiger partial charge < -0.3 is 16.1 Å². The third-order valence-electron chi connectivity index (χ3n) is 6.76. The second kappa shape index (κ2) is 23.9. The number of rotatable bonds is 6. The van der Waals surface area contributed by atoms with Gasteiger partial charge in [-0.25, -0.2) is 29.0 Å². The molecule has 0 aliphatic carbocycles. The van der Waals surface area contributed by atoms with E-state index in [-0.39, 0.29) is 20.2 Å². The topological polar surface area (TPSA) is 196 Å². The van der Waals surface area contributed by atoms with E-state index in [1.807, 2.05) is 128 Å². The fraction of sp³-hybridized carbons (Fsp3) is 0.275. The molecule has 0 radical (unpaired) electrons. The summed E-state index contributed by atoms with van der Waals surface area (Å²) >= 11 is 0. The predicted molar refractivity (Wildman–Crippen MR) is 220 cm³/mol. The second-order valence-corrected chi connectivity index (χ2v) is 9.51. The number of hydrogen-bond acceptors (Lipinski definition) is 10. The van der Waals surface area contributed by atoms with E-state index in [0.29, 0.717) is 24.1 Å². The highest BCUT2D eigenvalue weighted by atomic mass is 16.1. The van der Waals surface area contributed by atoms with E-state index in [4.69, 9.17) is 2.78 Å². The summed E-state index contributed by atoms with van der Waals surface area (Å²) in [5.74, 6) is 1.05. The lowest BCUT2D eigenvalue weighted by atomic mass is 10.1. The normalized spacial score (nSPS) is 9.80. The molecule has 0 amide bonds. The van der Waals surface area contributed by atoms with Gasteiger partial charge in [0, 0.05) is 43.7 Å². The number of aromatic nitrogens is 12. The van der Waals surface area contributed by atoms with Gasteiger partial charge in [0.2, 0.25) is 0 Å². The van der Waals surface area contributed by atoms with E-state index in [0.717, 1.165) is 51.0 Å². The maximum Gasteiger partial charge on any atom is 0.185 e. The number of carbonyl (C=O) groups is 1. The SMILES string of the molecule is C.CC.CC.CC.CC.O=Cc1nc(-c2ccc3ncnn3c2)c(-c2ccccn2)[nH]1.[3H]CCc1nc(-c2ccc3ncnn3c2)c(-c2ccccn2)[nH]1.[3H]N. The lowest BCUT2D eigenvalue weighted by Gasteiger charge is -2.02. The van der Waals surface area contributed by atoms with Gasteiger partial charge in [0.25, 0.3) is 0 Å². The number of H-pyrrole nitrogens is 2. The van der Waals surface area contributed by atoms with Crippen LogP contribution in [0.25, 0.3) is 56.6 Å². The number of nitrogens with one attached hydrogen (secondary N) is 2. The molecule has 0 spiro atoms. The minimum atomic E-state index is 0. The molecular formula is C40H55N13O. The molecule has 8 aromatic heterocycles. The Morgan fingerprint density at radius 1 is 0.667 bits per heavy atom. The molecular weight excluding hydrogens is 679 g/mol. The van der Waals surface area contributed by atoms with Gasteiger partial charge in [-0.15, -0.1) is 0 Å². The molecule has 14 nitrogen and oxygen atoms in total. The van der Waals surface area contributed by atoms with Crippen LogP contribution in [0.15, 0.2) is 98.1 Å². The molecule has 0 aliphatic heterocycles. The van der Waals surface area contributed by atoms with Crippen molar-refractivity contribution in [2.24, 2.45) is 0 Å². The van der Waals surface area contributed by atoms with E-state index in [2.05, 4.69) is 56.2 Å². The van der Waals surface area contributed by atoms with Crippen molar-refractivity contribution in [3.63, 3.8) is 0 Å². The summed E-state index contributed by atoms with van der Waals surface area (Å²) in [5, 5.41) is 8.29. The Labute approximate surface area is 321 Å². The number of imidazole rings is 2. The fourth-order valence-electron chi connectivity index (χ4n) is 4.71. The van der Waals surface area contributed by atoms with Crippen molar-refractivity contribution in [2.45, 2.75) is 76.1 Å². The van der Waals surface area contributed by atoms with E-state index < -0.39 is 0 Å². The highest BCUT2D eigenvalue weighted by molar-refractivity contribution is 5.81. The van der Waals surface area contributed by atoms with Gasteiger partial charge in [0.15, 0.2) is 23.4 Å². The Morgan fingerprint density at radius 3 is 1.59 bits per heavy atom. The quantitative estimate of drug-likeness (QED) is 0.138. The first-order chi connectivity index (χ1) is 27.2. The summed E-state index contributed by atoms with van der Waals surface area (Å²) in [5.41, 5.74) is 7.84. The van der Waals surface area contributed by atoms with Crippen molar-refractivity contribution in [1.82, 2.24) is 65.2 Å². The van der Waals surface area contributed by atoms with Crippen LogP contribution in [-0.4, -0.2) is 65.4 Å². The Kier molecular flexibility index (Phi) is 18.6. The summed E-state index contributed by atoms with van der Waals surface area (Å²) < 4.78 is 16.0. The number of aromatic amines is 2. The molecule has 286 valence electrons. The van der Waals surface area contributed by atoms with Gasteiger partial charge in [-0.1, -0.05) is 81.8 Å². The second-order valence-electron chi connectivity index (χ2n) is 9.51. The van der Waals surface area contributed by atoms with Crippen LogP contribution >= 0.6 is 0 Å². The van der Waals surface area contributed by atoms with Crippen molar-refractivity contribution < 1.29 is 7.58 Å². The molecule has 0 unspecified atom stereocenters. The predicted octanol–water partition coefficient (Wildman–Crippen LogP) is 9.64. The van der Waals surface area contributed by atoms with Crippen LogP contribution in [0.5, 0.6) is 0 Å². The van der Waals surface area contributed by atoms with Crippen LogP contribution in [0.3, 0.4) is 0 Å². The van der Waals surface area contributed by atoms with Crippen LogP contribution in [0, 0.1) is 0 Å². The van der Waals surface area contributed by atoms with Crippen molar-refractivity contribution >= 4 is 17.6 Å². The first-order valence-electron chi connectivity index (χ1n) is 18.8. The Bertz CT molecular complexity index is 2230. The van der Waals surface area contributed by atoms with Crippen LogP contribution in [0.2, 0.25) is 1.41 Å². The number of pyridine rings is 4. The molecule has 8 heterocycles. The highest BCUT2D eigenvalue weighted by Crippen LogP contribution is 2.30. The van der Waals surface area contributed by atoms with Crippen LogP contribution in [-0.2, 0) is 6.42 Å². The van der Waals surface area contributed by atoms with Gasteiger partial charge in [-0.2, -0.15) is 10.2 Å². The number of hydrogen-bond donors (Lipinski definition) is 3. The molecule has 0 saturated carbocycles.